The summed E-state index contributed by atoms with van der Waals surface area (Å²) in [7, 11) is 1.70. The largest absolute Gasteiger partial charge is 0.493 e. The lowest BCUT2D eigenvalue weighted by molar-refractivity contribution is 0.309. The van der Waals surface area contributed by atoms with E-state index in [4.69, 9.17) is 9.47 Å². The van der Waals surface area contributed by atoms with Crippen molar-refractivity contribution in [3.63, 3.8) is 0 Å². The van der Waals surface area contributed by atoms with Gasteiger partial charge < -0.3 is 14.8 Å². The molecule has 0 amide bonds. The van der Waals surface area contributed by atoms with Gasteiger partial charge in [0.05, 0.1) is 19.8 Å². The Balaban J connectivity index is 2.05. The standard InChI is InChI=1S/C17H21NO2S/c1-4-20-15-10-13-12(9-14(15)19-3)7-8-18-17(13)16-6-5-11(2)21-16/h5-6,9-10,17-18H,4,7-8H2,1-3H3. The van der Waals surface area contributed by atoms with Crippen LogP contribution in [-0.2, 0) is 6.42 Å². The van der Waals surface area contributed by atoms with Gasteiger partial charge in [0.1, 0.15) is 0 Å². The predicted molar refractivity (Wildman–Crippen MR) is 86.8 cm³/mol. The SMILES string of the molecule is CCOc1cc2c(cc1OC)CCNC2c1ccc(C)s1. The Kier molecular flexibility index (Phi) is 4.17. The Bertz CT molecular complexity index is 636. The number of thiophene rings is 1. The second-order valence-electron chi connectivity index (χ2n) is 5.22. The molecule has 21 heavy (non-hydrogen) atoms. The highest BCUT2D eigenvalue weighted by atomic mass is 32.1. The number of ether oxygens (including phenoxy) is 2. The highest BCUT2D eigenvalue weighted by Gasteiger charge is 2.24. The third-order valence-electron chi connectivity index (χ3n) is 3.82. The van der Waals surface area contributed by atoms with Crippen LogP contribution in [0, 0.1) is 6.92 Å². The van der Waals surface area contributed by atoms with Crippen LogP contribution in [0.25, 0.3) is 0 Å². The van der Waals surface area contributed by atoms with Crippen LogP contribution in [0.5, 0.6) is 11.5 Å². The molecule has 0 saturated heterocycles. The molecule has 0 fully saturated rings. The van der Waals surface area contributed by atoms with E-state index in [0.29, 0.717) is 6.61 Å². The molecule has 0 spiro atoms. The lowest BCUT2D eigenvalue weighted by Gasteiger charge is -2.27. The zero-order valence-electron chi connectivity index (χ0n) is 12.7. The van der Waals surface area contributed by atoms with Crippen LogP contribution in [0.1, 0.15) is 33.8 Å². The molecule has 2 aromatic rings. The van der Waals surface area contributed by atoms with E-state index in [1.54, 1.807) is 7.11 Å². The van der Waals surface area contributed by atoms with Gasteiger partial charge in [-0.05, 0) is 55.7 Å². The maximum Gasteiger partial charge on any atom is 0.161 e. The average molecular weight is 303 g/mol. The number of hydrogen-bond donors (Lipinski definition) is 1. The van der Waals surface area contributed by atoms with E-state index in [1.807, 2.05) is 18.3 Å². The maximum absolute atomic E-state index is 5.73. The van der Waals surface area contributed by atoms with E-state index in [9.17, 15) is 0 Å². The highest BCUT2D eigenvalue weighted by Crippen LogP contribution is 2.39. The molecule has 1 aliphatic heterocycles. The molecule has 1 unspecified atom stereocenters. The van der Waals surface area contributed by atoms with E-state index in [0.717, 1.165) is 24.5 Å². The van der Waals surface area contributed by atoms with Crippen molar-refractivity contribution >= 4 is 11.3 Å². The zero-order chi connectivity index (χ0) is 14.8. The number of methoxy groups -OCH3 is 1. The number of nitrogens with one attached hydrogen (secondary N) is 1. The molecular weight excluding hydrogens is 282 g/mol. The van der Waals surface area contributed by atoms with E-state index in [-0.39, 0.29) is 6.04 Å². The molecule has 3 nitrogen and oxygen atoms in total. The van der Waals surface area contributed by atoms with Crippen molar-refractivity contribution in [3.8, 4) is 11.5 Å². The van der Waals surface area contributed by atoms with Gasteiger partial charge in [0.25, 0.3) is 0 Å². The second kappa shape index (κ2) is 6.08. The molecule has 0 saturated carbocycles. The van der Waals surface area contributed by atoms with Crippen molar-refractivity contribution < 1.29 is 9.47 Å². The van der Waals surface area contributed by atoms with Crippen LogP contribution >= 0.6 is 11.3 Å². The molecule has 1 aliphatic rings. The minimum absolute atomic E-state index is 0.262. The van der Waals surface area contributed by atoms with Crippen LogP contribution in [-0.4, -0.2) is 20.3 Å². The van der Waals surface area contributed by atoms with Crippen LogP contribution in [0.3, 0.4) is 0 Å². The molecule has 1 N–H and O–H groups in total. The summed E-state index contributed by atoms with van der Waals surface area (Å²) in [5.74, 6) is 1.67. The minimum Gasteiger partial charge on any atom is -0.493 e. The first-order valence-corrected chi connectivity index (χ1v) is 8.18. The number of aryl methyl sites for hydroxylation is 1. The Morgan fingerprint density at radius 3 is 2.81 bits per heavy atom. The van der Waals surface area contributed by atoms with Crippen molar-refractivity contribution in [1.29, 1.82) is 0 Å². The minimum atomic E-state index is 0.262. The maximum atomic E-state index is 5.73. The first kappa shape index (κ1) is 14.4. The van der Waals surface area contributed by atoms with Gasteiger partial charge in [-0.2, -0.15) is 0 Å². The first-order chi connectivity index (χ1) is 10.2. The topological polar surface area (TPSA) is 30.5 Å². The van der Waals surface area contributed by atoms with Crippen molar-refractivity contribution in [1.82, 2.24) is 5.32 Å². The quantitative estimate of drug-likeness (QED) is 0.934. The lowest BCUT2D eigenvalue weighted by atomic mass is 9.92. The fraction of sp³-hybridized carbons (Fsp3) is 0.412. The third-order valence-corrected chi connectivity index (χ3v) is 4.89. The molecule has 1 aromatic carbocycles. The summed E-state index contributed by atoms with van der Waals surface area (Å²) in [6.45, 7) is 5.78. The summed E-state index contributed by atoms with van der Waals surface area (Å²) >= 11 is 1.85. The average Bonchev–Trinajstić information content (AvgIpc) is 2.92. The Morgan fingerprint density at radius 1 is 1.29 bits per heavy atom. The first-order valence-electron chi connectivity index (χ1n) is 7.36. The molecule has 1 aromatic heterocycles. The van der Waals surface area contributed by atoms with Gasteiger partial charge in [-0.3, -0.25) is 0 Å². The fourth-order valence-electron chi connectivity index (χ4n) is 2.85. The van der Waals surface area contributed by atoms with E-state index < -0.39 is 0 Å². The molecule has 4 heteroatoms. The summed E-state index contributed by atoms with van der Waals surface area (Å²) in [6.07, 6.45) is 1.03. The predicted octanol–water partition coefficient (Wildman–Crippen LogP) is 3.70. The number of rotatable bonds is 4. The van der Waals surface area contributed by atoms with Crippen molar-refractivity contribution in [2.24, 2.45) is 0 Å². The van der Waals surface area contributed by atoms with E-state index in [2.05, 4.69) is 36.5 Å². The molecule has 2 heterocycles. The number of benzene rings is 1. The molecule has 0 radical (unpaired) electrons. The highest BCUT2D eigenvalue weighted by molar-refractivity contribution is 7.12. The summed E-state index contributed by atoms with van der Waals surface area (Å²) in [4.78, 5) is 2.71. The summed E-state index contributed by atoms with van der Waals surface area (Å²) in [5.41, 5.74) is 2.66. The molecular formula is C17H21NO2S. The third kappa shape index (κ3) is 2.78. The van der Waals surface area contributed by atoms with Gasteiger partial charge in [0.2, 0.25) is 0 Å². The van der Waals surface area contributed by atoms with Crippen LogP contribution in [0.4, 0.5) is 0 Å². The molecule has 0 bridgehead atoms. The van der Waals surface area contributed by atoms with Crippen molar-refractivity contribution in [3.05, 3.63) is 45.1 Å². The number of hydrogen-bond acceptors (Lipinski definition) is 4. The van der Waals surface area contributed by atoms with Gasteiger partial charge in [-0.1, -0.05) is 0 Å². The second-order valence-corrected chi connectivity index (χ2v) is 6.54. The normalized spacial score (nSPS) is 17.4. The molecule has 0 aliphatic carbocycles. The summed E-state index contributed by atoms with van der Waals surface area (Å²) < 4.78 is 11.2. The molecule has 1 atom stereocenters. The van der Waals surface area contributed by atoms with E-state index >= 15 is 0 Å². The van der Waals surface area contributed by atoms with Crippen molar-refractivity contribution in [2.45, 2.75) is 26.3 Å². The van der Waals surface area contributed by atoms with Crippen LogP contribution in [0.15, 0.2) is 24.3 Å². The van der Waals surface area contributed by atoms with Gasteiger partial charge in [0.15, 0.2) is 11.5 Å². The summed E-state index contributed by atoms with van der Waals surface area (Å²) in [5, 5.41) is 3.63. The van der Waals surface area contributed by atoms with Crippen LogP contribution in [0.2, 0.25) is 0 Å². The zero-order valence-corrected chi connectivity index (χ0v) is 13.5. The lowest BCUT2D eigenvalue weighted by Crippen LogP contribution is -2.30. The van der Waals surface area contributed by atoms with E-state index in [1.165, 1.54) is 20.9 Å². The number of fused-ring (bicyclic) bond motifs is 1. The Labute approximate surface area is 129 Å². The smallest absolute Gasteiger partial charge is 0.161 e. The summed E-state index contributed by atoms with van der Waals surface area (Å²) in [6, 6.07) is 8.94. The molecule has 112 valence electrons. The Hall–Kier alpha value is -1.52. The fourth-order valence-corrected chi connectivity index (χ4v) is 3.83. The molecule has 3 rings (SSSR count). The van der Waals surface area contributed by atoms with Gasteiger partial charge in [0, 0.05) is 16.3 Å². The Morgan fingerprint density at radius 2 is 2.14 bits per heavy atom. The van der Waals surface area contributed by atoms with Gasteiger partial charge >= 0.3 is 0 Å². The van der Waals surface area contributed by atoms with Crippen LogP contribution < -0.4 is 14.8 Å². The van der Waals surface area contributed by atoms with Gasteiger partial charge in [-0.25, -0.2) is 0 Å². The monoisotopic (exact) mass is 303 g/mol. The van der Waals surface area contributed by atoms with Gasteiger partial charge in [-0.15, -0.1) is 11.3 Å². The van der Waals surface area contributed by atoms with Crippen molar-refractivity contribution in [2.75, 3.05) is 20.3 Å².